The predicted molar refractivity (Wildman–Crippen MR) is 63.7 cm³/mol. The van der Waals surface area contributed by atoms with E-state index in [1.165, 1.54) is 6.07 Å². The molecule has 0 atom stereocenters. The molecule has 0 aromatic heterocycles. The Morgan fingerprint density at radius 2 is 2.06 bits per heavy atom. The van der Waals surface area contributed by atoms with Crippen LogP contribution >= 0.6 is 0 Å². The Bertz CT molecular complexity index is 457. The Morgan fingerprint density at radius 1 is 1.38 bits per heavy atom. The SMILES string of the molecule is CCCNS(=O)(=O)Nc1cccc(O)c1C. The number of aromatic hydroxyl groups is 1. The third-order valence-corrected chi connectivity index (χ3v) is 3.16. The Balaban J connectivity index is 2.84. The van der Waals surface area contributed by atoms with Gasteiger partial charge in [-0.1, -0.05) is 13.0 Å². The first-order valence-corrected chi connectivity index (χ1v) is 6.50. The van der Waals surface area contributed by atoms with E-state index in [1.54, 1.807) is 19.1 Å². The first-order chi connectivity index (χ1) is 7.46. The van der Waals surface area contributed by atoms with Gasteiger partial charge in [0.2, 0.25) is 0 Å². The second-order valence-electron chi connectivity index (χ2n) is 3.45. The van der Waals surface area contributed by atoms with Crippen LogP contribution in [0.25, 0.3) is 0 Å². The van der Waals surface area contributed by atoms with Crippen molar-refractivity contribution in [2.24, 2.45) is 0 Å². The van der Waals surface area contributed by atoms with Crippen LogP contribution in [-0.4, -0.2) is 20.1 Å². The van der Waals surface area contributed by atoms with Crippen LogP contribution in [0.1, 0.15) is 18.9 Å². The van der Waals surface area contributed by atoms with E-state index >= 15 is 0 Å². The second kappa shape index (κ2) is 5.18. The number of phenolic OH excluding ortho intramolecular Hbond substituents is 1. The molecule has 0 amide bonds. The van der Waals surface area contributed by atoms with Crippen LogP contribution in [-0.2, 0) is 10.2 Å². The average Bonchev–Trinajstić information content (AvgIpc) is 2.22. The van der Waals surface area contributed by atoms with Gasteiger partial charge < -0.3 is 5.11 Å². The van der Waals surface area contributed by atoms with Gasteiger partial charge in [0.05, 0.1) is 5.69 Å². The molecule has 0 aliphatic heterocycles. The maximum absolute atomic E-state index is 11.5. The summed E-state index contributed by atoms with van der Waals surface area (Å²) in [5.74, 6) is 0.0655. The Morgan fingerprint density at radius 3 is 2.69 bits per heavy atom. The summed E-state index contributed by atoms with van der Waals surface area (Å²) in [6, 6.07) is 4.69. The lowest BCUT2D eigenvalue weighted by molar-refractivity contribution is 0.471. The highest BCUT2D eigenvalue weighted by Crippen LogP contribution is 2.24. The Hall–Kier alpha value is -1.27. The van der Waals surface area contributed by atoms with Crippen LogP contribution in [0.15, 0.2) is 18.2 Å². The molecule has 3 N–H and O–H groups in total. The highest BCUT2D eigenvalue weighted by Gasteiger charge is 2.11. The minimum atomic E-state index is -3.55. The van der Waals surface area contributed by atoms with E-state index in [9.17, 15) is 13.5 Å². The highest BCUT2D eigenvalue weighted by atomic mass is 32.2. The largest absolute Gasteiger partial charge is 0.508 e. The van der Waals surface area contributed by atoms with Gasteiger partial charge in [-0.2, -0.15) is 13.1 Å². The lowest BCUT2D eigenvalue weighted by Crippen LogP contribution is -2.30. The maximum atomic E-state index is 11.5. The minimum absolute atomic E-state index is 0.0655. The van der Waals surface area contributed by atoms with Crippen molar-refractivity contribution in [2.75, 3.05) is 11.3 Å². The zero-order valence-corrected chi connectivity index (χ0v) is 10.1. The van der Waals surface area contributed by atoms with Crippen molar-refractivity contribution in [1.82, 2.24) is 4.72 Å². The monoisotopic (exact) mass is 244 g/mol. The molecule has 0 saturated carbocycles. The van der Waals surface area contributed by atoms with Crippen molar-refractivity contribution >= 4 is 15.9 Å². The van der Waals surface area contributed by atoms with E-state index in [4.69, 9.17) is 0 Å². The molecule has 0 aliphatic carbocycles. The number of hydrogen-bond acceptors (Lipinski definition) is 3. The van der Waals surface area contributed by atoms with Crippen molar-refractivity contribution in [1.29, 1.82) is 0 Å². The molecular formula is C10H16N2O3S. The summed E-state index contributed by atoms with van der Waals surface area (Å²) in [4.78, 5) is 0. The number of phenols is 1. The van der Waals surface area contributed by atoms with Gasteiger partial charge >= 0.3 is 0 Å². The first kappa shape index (κ1) is 12.8. The van der Waals surface area contributed by atoms with Crippen LogP contribution in [0.2, 0.25) is 0 Å². The minimum Gasteiger partial charge on any atom is -0.508 e. The van der Waals surface area contributed by atoms with Gasteiger partial charge in [-0.25, -0.2) is 0 Å². The second-order valence-corrected chi connectivity index (χ2v) is 4.95. The third kappa shape index (κ3) is 3.39. The maximum Gasteiger partial charge on any atom is 0.299 e. The normalized spacial score (nSPS) is 11.4. The van der Waals surface area contributed by atoms with Crippen LogP contribution in [0, 0.1) is 6.92 Å². The van der Waals surface area contributed by atoms with E-state index < -0.39 is 10.2 Å². The van der Waals surface area contributed by atoms with Gasteiger partial charge in [0.1, 0.15) is 5.75 Å². The molecule has 16 heavy (non-hydrogen) atoms. The highest BCUT2D eigenvalue weighted by molar-refractivity contribution is 7.90. The van der Waals surface area contributed by atoms with Gasteiger partial charge in [-0.05, 0) is 25.5 Å². The summed E-state index contributed by atoms with van der Waals surface area (Å²) in [5.41, 5.74) is 0.882. The van der Waals surface area contributed by atoms with Gasteiger partial charge in [0.15, 0.2) is 0 Å². The van der Waals surface area contributed by atoms with Crippen LogP contribution < -0.4 is 9.44 Å². The van der Waals surface area contributed by atoms with E-state index in [0.717, 1.165) is 6.42 Å². The standard InChI is InChI=1S/C10H16N2O3S/c1-3-7-11-16(14,15)12-9-5-4-6-10(13)8(9)2/h4-6,11-13H,3,7H2,1-2H3. The van der Waals surface area contributed by atoms with Gasteiger partial charge in [-0.15, -0.1) is 0 Å². The van der Waals surface area contributed by atoms with E-state index in [1.807, 2.05) is 6.92 Å². The molecule has 1 rings (SSSR count). The molecule has 6 heteroatoms. The topological polar surface area (TPSA) is 78.4 Å². The van der Waals surface area contributed by atoms with Gasteiger partial charge in [0.25, 0.3) is 10.2 Å². The Kier molecular flexibility index (Phi) is 4.14. The summed E-state index contributed by atoms with van der Waals surface area (Å²) < 4.78 is 27.8. The predicted octanol–water partition coefficient (Wildman–Crippen LogP) is 1.36. The van der Waals surface area contributed by atoms with Crippen LogP contribution in [0.4, 0.5) is 5.69 Å². The number of hydrogen-bond donors (Lipinski definition) is 3. The molecule has 0 bridgehead atoms. The van der Waals surface area contributed by atoms with E-state index in [-0.39, 0.29) is 5.75 Å². The summed E-state index contributed by atoms with van der Waals surface area (Å²) in [5, 5.41) is 9.42. The Labute approximate surface area is 95.7 Å². The molecule has 0 saturated heterocycles. The fourth-order valence-electron chi connectivity index (χ4n) is 1.15. The van der Waals surface area contributed by atoms with Crippen molar-refractivity contribution in [3.8, 4) is 5.75 Å². The van der Waals surface area contributed by atoms with Gasteiger partial charge in [-0.3, -0.25) is 4.72 Å². The molecule has 0 heterocycles. The van der Waals surface area contributed by atoms with Crippen molar-refractivity contribution in [2.45, 2.75) is 20.3 Å². The summed E-state index contributed by atoms with van der Waals surface area (Å²) in [6.45, 7) is 3.91. The zero-order chi connectivity index (χ0) is 12.2. The lowest BCUT2D eigenvalue weighted by Gasteiger charge is -2.11. The molecule has 5 nitrogen and oxygen atoms in total. The zero-order valence-electron chi connectivity index (χ0n) is 9.32. The number of benzene rings is 1. The first-order valence-electron chi connectivity index (χ1n) is 5.02. The number of nitrogens with one attached hydrogen (secondary N) is 2. The van der Waals surface area contributed by atoms with E-state index in [0.29, 0.717) is 17.8 Å². The van der Waals surface area contributed by atoms with Gasteiger partial charge in [0, 0.05) is 12.1 Å². The summed E-state index contributed by atoms with van der Waals surface area (Å²) in [6.07, 6.45) is 0.722. The molecule has 0 radical (unpaired) electrons. The lowest BCUT2D eigenvalue weighted by atomic mass is 10.2. The molecule has 0 fully saturated rings. The average molecular weight is 244 g/mol. The third-order valence-electron chi connectivity index (χ3n) is 2.09. The van der Waals surface area contributed by atoms with Crippen molar-refractivity contribution in [3.05, 3.63) is 23.8 Å². The fraction of sp³-hybridized carbons (Fsp3) is 0.400. The van der Waals surface area contributed by atoms with Crippen LogP contribution in [0.5, 0.6) is 5.75 Å². The molecule has 90 valence electrons. The number of rotatable bonds is 5. The number of anilines is 1. The molecule has 0 spiro atoms. The smallest absolute Gasteiger partial charge is 0.299 e. The molecule has 0 aliphatic rings. The van der Waals surface area contributed by atoms with Crippen molar-refractivity contribution in [3.63, 3.8) is 0 Å². The van der Waals surface area contributed by atoms with Crippen LogP contribution in [0.3, 0.4) is 0 Å². The van der Waals surface area contributed by atoms with Crippen molar-refractivity contribution < 1.29 is 13.5 Å². The summed E-state index contributed by atoms with van der Waals surface area (Å²) >= 11 is 0. The fourth-order valence-corrected chi connectivity index (χ4v) is 2.21. The molecular weight excluding hydrogens is 228 g/mol. The molecule has 0 unspecified atom stereocenters. The molecule has 1 aromatic rings. The summed E-state index contributed by atoms with van der Waals surface area (Å²) in [7, 11) is -3.55. The quantitative estimate of drug-likeness (QED) is 0.731. The van der Waals surface area contributed by atoms with E-state index in [2.05, 4.69) is 9.44 Å². The molecule has 1 aromatic carbocycles.